The average molecular weight is 502 g/mol. The first-order valence-electron chi connectivity index (χ1n) is 11.9. The third-order valence-corrected chi connectivity index (χ3v) is 9.97. The molecule has 3 aromatic rings. The van der Waals surface area contributed by atoms with Gasteiger partial charge in [0.05, 0.1) is 23.1 Å². The molecule has 0 bridgehead atoms. The highest BCUT2D eigenvalue weighted by atomic mass is 32.2. The van der Waals surface area contributed by atoms with E-state index in [1.807, 2.05) is 42.2 Å². The quantitative estimate of drug-likeness (QED) is 0.578. The van der Waals surface area contributed by atoms with Crippen molar-refractivity contribution in [2.45, 2.75) is 48.5 Å². The zero-order valence-electron chi connectivity index (χ0n) is 19.5. The van der Waals surface area contributed by atoms with Gasteiger partial charge in [-0.25, -0.2) is 17.2 Å². The lowest BCUT2D eigenvalue weighted by Crippen LogP contribution is -2.53. The van der Waals surface area contributed by atoms with Crippen molar-refractivity contribution in [1.82, 2.24) is 20.1 Å². The number of rotatable bonds is 5. The normalized spacial score (nSPS) is 28.7. The number of halogens is 2. The average Bonchev–Trinajstić information content (AvgIpc) is 3.37. The van der Waals surface area contributed by atoms with E-state index in [1.54, 1.807) is 16.7 Å². The Bertz CT molecular complexity index is 1260. The first-order chi connectivity index (χ1) is 16.8. The minimum absolute atomic E-state index is 0.0768. The molecule has 2 saturated heterocycles. The first-order valence-corrected chi connectivity index (χ1v) is 13.5. The number of nitrogens with zero attached hydrogens (tertiary/aromatic N) is 4. The van der Waals surface area contributed by atoms with Gasteiger partial charge in [0.25, 0.3) is 0 Å². The third kappa shape index (κ3) is 4.69. The fourth-order valence-electron chi connectivity index (χ4n) is 5.26. The van der Waals surface area contributed by atoms with Crippen LogP contribution in [0.4, 0.5) is 14.5 Å². The Balaban J connectivity index is 1.31. The second kappa shape index (κ2) is 9.66. The maximum absolute atomic E-state index is 15.2. The van der Waals surface area contributed by atoms with Crippen LogP contribution in [0.3, 0.4) is 0 Å². The van der Waals surface area contributed by atoms with Gasteiger partial charge >= 0.3 is 0 Å². The molecule has 10 heteroatoms. The van der Waals surface area contributed by atoms with Crippen LogP contribution in [-0.4, -0.2) is 60.3 Å². The topological polar surface area (TPSA) is 80.1 Å². The van der Waals surface area contributed by atoms with E-state index in [4.69, 9.17) is 0 Å². The second-order valence-electron chi connectivity index (χ2n) is 9.43. The maximum atomic E-state index is 15.2. The van der Waals surface area contributed by atoms with E-state index in [0.717, 1.165) is 5.56 Å². The number of hydrogen-bond donors (Lipinski definition) is 1. The van der Waals surface area contributed by atoms with E-state index in [0.29, 0.717) is 30.8 Å². The lowest BCUT2D eigenvalue weighted by atomic mass is 10.0. The van der Waals surface area contributed by atoms with Crippen molar-refractivity contribution in [2.75, 3.05) is 24.5 Å². The Morgan fingerprint density at radius 2 is 1.86 bits per heavy atom. The summed E-state index contributed by atoms with van der Waals surface area (Å²) in [6, 6.07) is 13.3. The molecule has 1 aromatic heterocycles. The van der Waals surface area contributed by atoms with Crippen molar-refractivity contribution in [3.63, 3.8) is 0 Å². The van der Waals surface area contributed by atoms with E-state index in [9.17, 15) is 12.8 Å². The minimum Gasteiger partial charge on any atom is -0.368 e. The summed E-state index contributed by atoms with van der Waals surface area (Å²) < 4.78 is 58.7. The van der Waals surface area contributed by atoms with E-state index >= 15 is 4.39 Å². The molecular formula is C25H29F2N5O2S. The fourth-order valence-corrected chi connectivity index (χ4v) is 7.63. The third-order valence-electron chi connectivity index (χ3n) is 7.32. The Morgan fingerprint density at radius 1 is 1.11 bits per heavy atom. The molecule has 5 rings (SSSR count). The number of alkyl halides is 1. The standard InChI is InChI=1S/C25H29F2N5O2S/c1-17-24(35(33,34)25(13-28-17)18-5-3-2-4-6-18)11-19-7-8-20(12-21(19)26)31-10-9-23(22(27)14-31)32-15-29-30-16-32/h2-8,12,15-17,22-25,28H,9-11,13-14H2,1H3/t17-,22+,23-,24?,25-/m0/s1. The first kappa shape index (κ1) is 23.9. The molecule has 1 N–H and O–H groups in total. The molecule has 2 aromatic carbocycles. The molecule has 2 fully saturated rings. The molecule has 35 heavy (non-hydrogen) atoms. The van der Waals surface area contributed by atoms with Crippen molar-refractivity contribution in [3.05, 3.63) is 78.1 Å². The van der Waals surface area contributed by atoms with Crippen molar-refractivity contribution >= 4 is 15.5 Å². The molecule has 0 radical (unpaired) electrons. The molecular weight excluding hydrogens is 472 g/mol. The molecule has 1 unspecified atom stereocenters. The molecule has 2 aliphatic heterocycles. The van der Waals surface area contributed by atoms with Crippen LogP contribution >= 0.6 is 0 Å². The number of benzene rings is 2. The second-order valence-corrected chi connectivity index (χ2v) is 11.8. The van der Waals surface area contributed by atoms with Gasteiger partial charge in [-0.1, -0.05) is 36.4 Å². The van der Waals surface area contributed by atoms with E-state index in [1.165, 1.54) is 18.7 Å². The van der Waals surface area contributed by atoms with Gasteiger partial charge in [0.1, 0.15) is 24.6 Å². The van der Waals surface area contributed by atoms with Crippen LogP contribution in [0.2, 0.25) is 0 Å². The highest BCUT2D eigenvalue weighted by Crippen LogP contribution is 2.34. The monoisotopic (exact) mass is 501 g/mol. The van der Waals surface area contributed by atoms with Crippen molar-refractivity contribution in [1.29, 1.82) is 0 Å². The predicted octanol–water partition coefficient (Wildman–Crippen LogP) is 3.27. The maximum Gasteiger partial charge on any atom is 0.163 e. The van der Waals surface area contributed by atoms with Crippen LogP contribution in [0, 0.1) is 5.82 Å². The number of sulfone groups is 1. The van der Waals surface area contributed by atoms with E-state index in [-0.39, 0.29) is 25.0 Å². The van der Waals surface area contributed by atoms with Gasteiger partial charge < -0.3 is 14.8 Å². The number of aromatic nitrogens is 3. The molecule has 0 spiro atoms. The van der Waals surface area contributed by atoms with Crippen molar-refractivity contribution in [3.8, 4) is 0 Å². The highest BCUT2D eigenvalue weighted by molar-refractivity contribution is 7.92. The molecule has 0 aliphatic carbocycles. The van der Waals surface area contributed by atoms with Gasteiger partial charge in [-0.2, -0.15) is 0 Å². The predicted molar refractivity (Wildman–Crippen MR) is 130 cm³/mol. The van der Waals surface area contributed by atoms with Crippen molar-refractivity contribution < 1.29 is 17.2 Å². The number of piperidine rings is 1. The smallest absolute Gasteiger partial charge is 0.163 e. The Kier molecular flexibility index (Phi) is 6.59. The molecule has 3 heterocycles. The van der Waals surface area contributed by atoms with Crippen LogP contribution < -0.4 is 10.2 Å². The van der Waals surface area contributed by atoms with Gasteiger partial charge in [0, 0.05) is 24.8 Å². The summed E-state index contributed by atoms with van der Waals surface area (Å²) in [7, 11) is -3.55. The fraction of sp³-hybridized carbons (Fsp3) is 0.440. The summed E-state index contributed by atoms with van der Waals surface area (Å²) in [5.41, 5.74) is 1.68. The number of anilines is 1. The van der Waals surface area contributed by atoms with Crippen LogP contribution in [0.1, 0.15) is 35.8 Å². The molecule has 7 nitrogen and oxygen atoms in total. The molecule has 186 valence electrons. The number of hydrogen-bond acceptors (Lipinski definition) is 6. The van der Waals surface area contributed by atoms with Crippen LogP contribution in [0.5, 0.6) is 0 Å². The van der Waals surface area contributed by atoms with Gasteiger partial charge in [0.2, 0.25) is 0 Å². The van der Waals surface area contributed by atoms with E-state index < -0.39 is 32.3 Å². The Hall–Kier alpha value is -2.85. The zero-order valence-corrected chi connectivity index (χ0v) is 20.3. The Morgan fingerprint density at radius 3 is 2.54 bits per heavy atom. The van der Waals surface area contributed by atoms with Gasteiger partial charge in [-0.05, 0) is 43.0 Å². The largest absolute Gasteiger partial charge is 0.368 e. The van der Waals surface area contributed by atoms with Gasteiger partial charge in [0.15, 0.2) is 9.84 Å². The molecule has 0 amide bonds. The molecule has 0 saturated carbocycles. The Labute approximate surface area is 204 Å². The summed E-state index contributed by atoms with van der Waals surface area (Å²) in [6.45, 7) is 2.87. The molecule has 5 atom stereocenters. The van der Waals surface area contributed by atoms with Crippen LogP contribution in [0.15, 0.2) is 61.2 Å². The number of nitrogens with one attached hydrogen (secondary N) is 1. The lowest BCUT2D eigenvalue weighted by Gasteiger charge is -2.37. The zero-order chi connectivity index (χ0) is 24.6. The summed E-state index contributed by atoms with van der Waals surface area (Å²) in [4.78, 5) is 1.82. The summed E-state index contributed by atoms with van der Waals surface area (Å²) >= 11 is 0. The summed E-state index contributed by atoms with van der Waals surface area (Å²) in [6.07, 6.45) is 2.51. The summed E-state index contributed by atoms with van der Waals surface area (Å²) in [5.74, 6) is -0.469. The summed E-state index contributed by atoms with van der Waals surface area (Å²) in [5, 5.41) is 9.38. The van der Waals surface area contributed by atoms with Crippen LogP contribution in [0.25, 0.3) is 0 Å². The lowest BCUT2D eigenvalue weighted by molar-refractivity contribution is 0.199. The SMILES string of the molecule is C[C@@H]1NC[C@@H](c2ccccc2)S(=O)(=O)C1Cc1ccc(N2CC[C@H](n3cnnc3)[C@H](F)C2)cc1F. The van der Waals surface area contributed by atoms with Crippen molar-refractivity contribution in [2.24, 2.45) is 0 Å². The minimum atomic E-state index is -3.55. The van der Waals surface area contributed by atoms with Gasteiger partial charge in [-0.3, -0.25) is 0 Å². The highest BCUT2D eigenvalue weighted by Gasteiger charge is 2.42. The molecule has 2 aliphatic rings. The van der Waals surface area contributed by atoms with Crippen LogP contribution in [-0.2, 0) is 16.3 Å². The van der Waals surface area contributed by atoms with Gasteiger partial charge in [-0.15, -0.1) is 10.2 Å². The van der Waals surface area contributed by atoms with E-state index in [2.05, 4.69) is 15.5 Å².